The van der Waals surface area contributed by atoms with E-state index in [0.29, 0.717) is 12.0 Å². The molecule has 1 aliphatic heterocycles. The third kappa shape index (κ3) is 7.06. The maximum Gasteiger partial charge on any atom is 0.191 e. The number of rotatable bonds is 10. The van der Waals surface area contributed by atoms with Crippen molar-refractivity contribution in [2.75, 3.05) is 45.9 Å². The number of pyridine rings is 1. The van der Waals surface area contributed by atoms with Crippen molar-refractivity contribution in [1.29, 1.82) is 0 Å². The zero-order valence-corrected chi connectivity index (χ0v) is 18.2. The number of guanidine groups is 1. The maximum atomic E-state index is 5.56. The lowest BCUT2D eigenvalue weighted by Crippen LogP contribution is -2.49. The fourth-order valence-corrected chi connectivity index (χ4v) is 3.93. The Balaban J connectivity index is 1.97. The predicted molar refractivity (Wildman–Crippen MR) is 117 cm³/mol. The Morgan fingerprint density at radius 1 is 1.21 bits per heavy atom. The number of ether oxygens (including phenoxy) is 1. The summed E-state index contributed by atoms with van der Waals surface area (Å²) in [7, 11) is 0. The molecule has 158 valence electrons. The smallest absolute Gasteiger partial charge is 0.191 e. The first-order valence-electron chi connectivity index (χ1n) is 10.9. The van der Waals surface area contributed by atoms with Gasteiger partial charge in [-0.25, -0.2) is 0 Å². The molecule has 0 saturated carbocycles. The average molecular weight is 390 g/mol. The van der Waals surface area contributed by atoms with E-state index in [9.17, 15) is 0 Å². The van der Waals surface area contributed by atoms with Gasteiger partial charge in [0.2, 0.25) is 0 Å². The molecule has 0 radical (unpaired) electrons. The third-order valence-electron chi connectivity index (χ3n) is 5.71. The fraction of sp³-hybridized carbons (Fsp3) is 0.727. The topological polar surface area (TPSA) is 61.8 Å². The van der Waals surface area contributed by atoms with Crippen molar-refractivity contribution in [1.82, 2.24) is 20.5 Å². The highest BCUT2D eigenvalue weighted by molar-refractivity contribution is 5.79. The van der Waals surface area contributed by atoms with E-state index in [1.807, 2.05) is 12.4 Å². The molecule has 6 heteroatoms. The van der Waals surface area contributed by atoms with Crippen LogP contribution < -0.4 is 10.6 Å². The number of aromatic nitrogens is 1. The molecule has 2 rings (SSSR count). The number of hydrogen-bond acceptors (Lipinski definition) is 4. The molecule has 0 bridgehead atoms. The molecule has 0 aliphatic carbocycles. The van der Waals surface area contributed by atoms with Crippen molar-refractivity contribution < 1.29 is 4.74 Å². The number of morpholine rings is 1. The Kier molecular flexibility index (Phi) is 10.3. The Morgan fingerprint density at radius 3 is 2.61 bits per heavy atom. The van der Waals surface area contributed by atoms with Gasteiger partial charge < -0.3 is 15.4 Å². The molecule has 1 aliphatic rings. The first-order valence-corrected chi connectivity index (χ1v) is 10.9. The van der Waals surface area contributed by atoms with Crippen LogP contribution in [-0.2, 0) is 11.2 Å². The number of aliphatic imine (C=N–C) groups is 1. The molecule has 28 heavy (non-hydrogen) atoms. The largest absolute Gasteiger partial charge is 0.379 e. The summed E-state index contributed by atoms with van der Waals surface area (Å²) < 4.78 is 5.56. The molecule has 1 aromatic rings. The van der Waals surface area contributed by atoms with E-state index in [1.54, 1.807) is 0 Å². The highest BCUT2D eigenvalue weighted by atomic mass is 16.5. The van der Waals surface area contributed by atoms with Gasteiger partial charge in [-0.05, 0) is 43.4 Å². The molecule has 1 fully saturated rings. The molecule has 0 aromatic carbocycles. The van der Waals surface area contributed by atoms with Gasteiger partial charge in [-0.15, -0.1) is 0 Å². The molecular formula is C22H39N5O. The quantitative estimate of drug-likeness (QED) is 0.476. The zero-order chi connectivity index (χ0) is 20.2. The lowest BCUT2D eigenvalue weighted by Gasteiger charge is -2.38. The number of nitrogens with zero attached hydrogens (tertiary/aromatic N) is 3. The fourth-order valence-electron chi connectivity index (χ4n) is 3.93. The first-order chi connectivity index (χ1) is 13.7. The third-order valence-corrected chi connectivity index (χ3v) is 5.71. The van der Waals surface area contributed by atoms with Crippen LogP contribution in [0, 0.1) is 12.8 Å². The standard InChI is InChI=1S/C22H39N5O/c1-5-19(6-2)21(27-12-14-28-15-13-27)17-26-22(24-7-3)25-11-9-20-8-10-23-16-18(20)4/h8,10,16,19,21H,5-7,9,11-15,17H2,1-4H3,(H2,24,25,26). The second-order valence-corrected chi connectivity index (χ2v) is 7.49. The molecule has 0 spiro atoms. The van der Waals surface area contributed by atoms with Gasteiger partial charge in [-0.1, -0.05) is 26.7 Å². The van der Waals surface area contributed by atoms with Crippen LogP contribution in [-0.4, -0.2) is 67.8 Å². The summed E-state index contributed by atoms with van der Waals surface area (Å²) in [5, 5.41) is 6.90. The van der Waals surface area contributed by atoms with Crippen molar-refractivity contribution in [3.63, 3.8) is 0 Å². The van der Waals surface area contributed by atoms with Gasteiger partial charge in [-0.2, -0.15) is 0 Å². The van der Waals surface area contributed by atoms with Gasteiger partial charge in [0.15, 0.2) is 5.96 Å². The molecule has 6 nitrogen and oxygen atoms in total. The van der Waals surface area contributed by atoms with Crippen LogP contribution >= 0.6 is 0 Å². The van der Waals surface area contributed by atoms with Crippen LogP contribution in [0.25, 0.3) is 0 Å². The van der Waals surface area contributed by atoms with E-state index < -0.39 is 0 Å². The summed E-state index contributed by atoms with van der Waals surface area (Å²) >= 11 is 0. The van der Waals surface area contributed by atoms with Gasteiger partial charge in [0, 0.05) is 44.6 Å². The second kappa shape index (κ2) is 12.7. The van der Waals surface area contributed by atoms with E-state index in [-0.39, 0.29) is 0 Å². The van der Waals surface area contributed by atoms with Crippen LogP contribution in [0.15, 0.2) is 23.5 Å². The summed E-state index contributed by atoms with van der Waals surface area (Å²) in [5.41, 5.74) is 2.58. The van der Waals surface area contributed by atoms with Crippen LogP contribution in [0.2, 0.25) is 0 Å². The van der Waals surface area contributed by atoms with E-state index >= 15 is 0 Å². The predicted octanol–water partition coefficient (Wildman–Crippen LogP) is 2.62. The molecule has 1 saturated heterocycles. The van der Waals surface area contributed by atoms with Crippen molar-refractivity contribution >= 4 is 5.96 Å². The highest BCUT2D eigenvalue weighted by Crippen LogP contribution is 2.20. The van der Waals surface area contributed by atoms with Crippen molar-refractivity contribution in [2.24, 2.45) is 10.9 Å². The monoisotopic (exact) mass is 389 g/mol. The normalized spacial score (nSPS) is 17.0. The van der Waals surface area contributed by atoms with Crippen LogP contribution in [0.1, 0.15) is 44.7 Å². The van der Waals surface area contributed by atoms with E-state index in [1.165, 1.54) is 24.0 Å². The minimum Gasteiger partial charge on any atom is -0.379 e. The van der Waals surface area contributed by atoms with Gasteiger partial charge in [0.1, 0.15) is 0 Å². The van der Waals surface area contributed by atoms with Crippen LogP contribution in [0.5, 0.6) is 0 Å². The highest BCUT2D eigenvalue weighted by Gasteiger charge is 2.26. The SMILES string of the molecule is CCNC(=NCC(C(CC)CC)N1CCOCC1)NCCc1ccncc1C. The Hall–Kier alpha value is -1.66. The lowest BCUT2D eigenvalue weighted by atomic mass is 9.92. The van der Waals surface area contributed by atoms with Gasteiger partial charge in [0.05, 0.1) is 19.8 Å². The summed E-state index contributed by atoms with van der Waals surface area (Å²) in [6, 6.07) is 2.58. The lowest BCUT2D eigenvalue weighted by molar-refractivity contribution is 0.00395. The van der Waals surface area contributed by atoms with E-state index in [0.717, 1.165) is 58.3 Å². The van der Waals surface area contributed by atoms with Crippen molar-refractivity contribution in [2.45, 2.75) is 53.0 Å². The minimum absolute atomic E-state index is 0.483. The van der Waals surface area contributed by atoms with E-state index in [2.05, 4.69) is 54.3 Å². The number of hydrogen-bond donors (Lipinski definition) is 2. The molecular weight excluding hydrogens is 350 g/mol. The van der Waals surface area contributed by atoms with Crippen molar-refractivity contribution in [3.8, 4) is 0 Å². The maximum absolute atomic E-state index is 5.56. The summed E-state index contributed by atoms with van der Waals surface area (Å²) in [4.78, 5) is 11.7. The number of aryl methyl sites for hydroxylation is 1. The van der Waals surface area contributed by atoms with Crippen LogP contribution in [0.4, 0.5) is 0 Å². The molecule has 2 heterocycles. The Bertz CT molecular complexity index is 582. The number of nitrogens with one attached hydrogen (secondary N) is 2. The first kappa shape index (κ1) is 22.6. The van der Waals surface area contributed by atoms with Gasteiger partial charge in [0.25, 0.3) is 0 Å². The average Bonchev–Trinajstić information content (AvgIpc) is 2.73. The van der Waals surface area contributed by atoms with Gasteiger partial charge in [-0.3, -0.25) is 14.9 Å². The van der Waals surface area contributed by atoms with Crippen LogP contribution in [0.3, 0.4) is 0 Å². The molecule has 0 amide bonds. The van der Waals surface area contributed by atoms with E-state index in [4.69, 9.17) is 9.73 Å². The summed E-state index contributed by atoms with van der Waals surface area (Å²) in [6.07, 6.45) is 7.15. The Labute approximate surface area is 171 Å². The minimum atomic E-state index is 0.483. The molecule has 1 aromatic heterocycles. The molecule has 1 atom stereocenters. The Morgan fingerprint density at radius 2 is 1.96 bits per heavy atom. The second-order valence-electron chi connectivity index (χ2n) is 7.49. The molecule has 1 unspecified atom stereocenters. The summed E-state index contributed by atoms with van der Waals surface area (Å²) in [5.74, 6) is 1.59. The zero-order valence-electron chi connectivity index (χ0n) is 18.2. The summed E-state index contributed by atoms with van der Waals surface area (Å²) in [6.45, 7) is 15.1. The van der Waals surface area contributed by atoms with Crippen molar-refractivity contribution in [3.05, 3.63) is 29.6 Å². The molecule has 2 N–H and O–H groups in total. The van der Waals surface area contributed by atoms with Gasteiger partial charge >= 0.3 is 0 Å².